The fourth-order valence-electron chi connectivity index (χ4n) is 2.87. The van der Waals surface area contributed by atoms with E-state index in [1.807, 2.05) is 0 Å². The van der Waals surface area contributed by atoms with E-state index < -0.39 is 54.7 Å². The zero-order valence-corrected chi connectivity index (χ0v) is 11.5. The number of aliphatic hydroxyl groups is 1. The molecule has 1 aromatic rings. The number of piperazine rings is 1. The molecule has 0 aromatic carbocycles. The molecule has 8 heteroatoms. The monoisotopic (exact) mass is 311 g/mol. The molecule has 0 bridgehead atoms. The molecule has 6 nitrogen and oxygen atoms in total. The Morgan fingerprint density at radius 1 is 1.18 bits per heavy atom. The number of carbonyl (C=O) groups is 2. The number of aliphatic hydroxyl groups excluding tert-OH is 1. The van der Waals surface area contributed by atoms with E-state index in [-0.39, 0.29) is 0 Å². The second-order valence-corrected chi connectivity index (χ2v) is 5.72. The van der Waals surface area contributed by atoms with E-state index in [1.54, 1.807) is 0 Å². The van der Waals surface area contributed by atoms with Gasteiger partial charge < -0.3 is 15.7 Å². The van der Waals surface area contributed by atoms with Crippen LogP contribution >= 0.6 is 0 Å². The first-order valence-electron chi connectivity index (χ1n) is 6.94. The summed E-state index contributed by atoms with van der Waals surface area (Å²) < 4.78 is 25.8. The first-order chi connectivity index (χ1) is 10.4. The molecule has 2 heterocycles. The fourth-order valence-corrected chi connectivity index (χ4v) is 2.87. The molecule has 1 aliphatic carbocycles. The van der Waals surface area contributed by atoms with Crippen LogP contribution in [0.25, 0.3) is 0 Å². The average Bonchev–Trinajstić information content (AvgIpc) is 2.47. The van der Waals surface area contributed by atoms with Gasteiger partial charge in [-0.15, -0.1) is 0 Å². The van der Waals surface area contributed by atoms with Crippen molar-refractivity contribution in [1.29, 1.82) is 0 Å². The minimum absolute atomic E-state index is 0.414. The highest BCUT2D eigenvalue weighted by Gasteiger charge is 2.52. The Labute approximate surface area is 124 Å². The van der Waals surface area contributed by atoms with Gasteiger partial charge in [-0.3, -0.25) is 14.6 Å². The summed E-state index contributed by atoms with van der Waals surface area (Å²) >= 11 is 0. The molecular formula is C14H15F2N3O3. The minimum atomic E-state index is -2.76. The Hall–Kier alpha value is -2.09. The number of aromatic nitrogens is 1. The molecule has 1 saturated carbocycles. The average molecular weight is 311 g/mol. The second kappa shape index (κ2) is 5.28. The number of nitrogens with one attached hydrogen (secondary N) is 2. The van der Waals surface area contributed by atoms with Crippen molar-refractivity contribution in [2.24, 2.45) is 5.92 Å². The topological polar surface area (TPSA) is 91.3 Å². The summed E-state index contributed by atoms with van der Waals surface area (Å²) in [6, 6.07) is 0.950. The number of hydrogen-bond acceptors (Lipinski definition) is 4. The number of rotatable bonds is 3. The van der Waals surface area contributed by atoms with Crippen LogP contribution < -0.4 is 10.6 Å². The predicted octanol–water partition coefficient (Wildman–Crippen LogP) is 0.143. The predicted molar refractivity (Wildman–Crippen MR) is 70.7 cm³/mol. The van der Waals surface area contributed by atoms with E-state index in [2.05, 4.69) is 15.6 Å². The van der Waals surface area contributed by atoms with Crippen molar-refractivity contribution in [3.8, 4) is 0 Å². The van der Waals surface area contributed by atoms with Crippen molar-refractivity contribution in [3.05, 3.63) is 30.1 Å². The molecule has 1 aliphatic heterocycles. The van der Waals surface area contributed by atoms with Crippen LogP contribution in [0.2, 0.25) is 0 Å². The molecule has 3 unspecified atom stereocenters. The Morgan fingerprint density at radius 2 is 1.82 bits per heavy atom. The van der Waals surface area contributed by atoms with Gasteiger partial charge in [-0.2, -0.15) is 0 Å². The Morgan fingerprint density at radius 3 is 2.41 bits per heavy atom. The summed E-state index contributed by atoms with van der Waals surface area (Å²) in [5, 5.41) is 15.1. The van der Waals surface area contributed by atoms with Gasteiger partial charge in [0.15, 0.2) is 0 Å². The van der Waals surface area contributed by atoms with Gasteiger partial charge in [-0.05, 0) is 23.6 Å². The van der Waals surface area contributed by atoms with Crippen LogP contribution in [-0.2, 0) is 9.59 Å². The Bertz CT molecular complexity index is 588. The van der Waals surface area contributed by atoms with Crippen LogP contribution in [-0.4, -0.2) is 39.9 Å². The summed E-state index contributed by atoms with van der Waals surface area (Å²) in [7, 11) is 0. The molecule has 2 amide bonds. The maximum Gasteiger partial charge on any atom is 0.248 e. The summed E-state index contributed by atoms with van der Waals surface area (Å²) in [6.45, 7) is 0. The van der Waals surface area contributed by atoms with Gasteiger partial charge in [-0.1, -0.05) is 0 Å². The van der Waals surface area contributed by atoms with Crippen molar-refractivity contribution in [3.63, 3.8) is 0 Å². The number of carbonyl (C=O) groups excluding carboxylic acids is 2. The summed E-state index contributed by atoms with van der Waals surface area (Å²) in [4.78, 5) is 27.9. The number of amides is 2. The third kappa shape index (κ3) is 2.66. The lowest BCUT2D eigenvalue weighted by Crippen LogP contribution is -2.67. The van der Waals surface area contributed by atoms with Crippen LogP contribution in [0.5, 0.6) is 0 Å². The zero-order valence-electron chi connectivity index (χ0n) is 11.5. The molecule has 0 radical (unpaired) electrons. The molecular weight excluding hydrogens is 296 g/mol. The Balaban J connectivity index is 1.68. The molecule has 0 spiro atoms. The SMILES string of the molecule is O=C1NC(C(O)c2ccncc2)C(=O)NC1C1CC(F)(F)C1. The number of alkyl halides is 2. The first-order valence-corrected chi connectivity index (χ1v) is 6.94. The lowest BCUT2D eigenvalue weighted by Gasteiger charge is -2.42. The second-order valence-electron chi connectivity index (χ2n) is 5.72. The molecule has 22 heavy (non-hydrogen) atoms. The van der Waals surface area contributed by atoms with Crippen LogP contribution in [0.4, 0.5) is 8.78 Å². The maximum atomic E-state index is 12.9. The lowest BCUT2D eigenvalue weighted by molar-refractivity contribution is -0.153. The van der Waals surface area contributed by atoms with Gasteiger partial charge in [0, 0.05) is 25.2 Å². The van der Waals surface area contributed by atoms with Crippen molar-refractivity contribution in [2.45, 2.75) is 37.0 Å². The maximum absolute atomic E-state index is 12.9. The molecule has 1 saturated heterocycles. The summed E-state index contributed by atoms with van der Waals surface area (Å²) in [5.41, 5.74) is 0.434. The normalized spacial score (nSPS) is 29.2. The van der Waals surface area contributed by atoms with Crippen molar-refractivity contribution in [1.82, 2.24) is 15.6 Å². The number of pyridine rings is 1. The quantitative estimate of drug-likeness (QED) is 0.741. The minimum Gasteiger partial charge on any atom is -0.386 e. The van der Waals surface area contributed by atoms with E-state index in [0.29, 0.717) is 5.56 Å². The number of halogens is 2. The standard InChI is InChI=1S/C14H15F2N3O3/c15-14(16)5-8(6-14)9-12(21)19-10(13(22)18-9)11(20)7-1-3-17-4-2-7/h1-4,8-11,20H,5-6H2,(H,18,22)(H,19,21). The third-order valence-corrected chi connectivity index (χ3v) is 4.12. The first kappa shape index (κ1) is 14.8. The van der Waals surface area contributed by atoms with E-state index in [4.69, 9.17) is 0 Å². The van der Waals surface area contributed by atoms with E-state index in [9.17, 15) is 23.5 Å². The highest BCUT2D eigenvalue weighted by molar-refractivity contribution is 5.97. The van der Waals surface area contributed by atoms with Crippen LogP contribution in [0.3, 0.4) is 0 Å². The van der Waals surface area contributed by atoms with Gasteiger partial charge in [0.2, 0.25) is 17.7 Å². The fraction of sp³-hybridized carbons (Fsp3) is 0.500. The highest BCUT2D eigenvalue weighted by Crippen LogP contribution is 2.44. The van der Waals surface area contributed by atoms with Gasteiger partial charge in [0.25, 0.3) is 0 Å². The molecule has 3 N–H and O–H groups in total. The van der Waals surface area contributed by atoms with E-state index in [1.165, 1.54) is 24.5 Å². The number of nitrogens with zero attached hydrogens (tertiary/aromatic N) is 1. The van der Waals surface area contributed by atoms with Crippen molar-refractivity contribution >= 4 is 11.8 Å². The smallest absolute Gasteiger partial charge is 0.248 e. The van der Waals surface area contributed by atoms with Crippen molar-refractivity contribution in [2.75, 3.05) is 0 Å². The van der Waals surface area contributed by atoms with Crippen molar-refractivity contribution < 1.29 is 23.5 Å². The highest BCUT2D eigenvalue weighted by atomic mass is 19.3. The summed E-state index contributed by atoms with van der Waals surface area (Å²) in [6.07, 6.45) is 0.864. The largest absolute Gasteiger partial charge is 0.386 e. The molecule has 2 fully saturated rings. The van der Waals surface area contributed by atoms with Crippen LogP contribution in [0.15, 0.2) is 24.5 Å². The van der Waals surface area contributed by atoms with Crippen LogP contribution in [0.1, 0.15) is 24.5 Å². The third-order valence-electron chi connectivity index (χ3n) is 4.12. The molecule has 118 valence electrons. The molecule has 3 rings (SSSR count). The summed E-state index contributed by atoms with van der Waals surface area (Å²) in [5.74, 6) is -4.46. The number of hydrogen-bond donors (Lipinski definition) is 3. The van der Waals surface area contributed by atoms with E-state index in [0.717, 1.165) is 0 Å². The van der Waals surface area contributed by atoms with E-state index >= 15 is 0 Å². The van der Waals surface area contributed by atoms with Gasteiger partial charge in [0.05, 0.1) is 0 Å². The zero-order chi connectivity index (χ0) is 15.9. The lowest BCUT2D eigenvalue weighted by atomic mass is 9.75. The van der Waals surface area contributed by atoms with Crippen LogP contribution in [0, 0.1) is 5.92 Å². The molecule has 3 atom stereocenters. The molecule has 1 aromatic heterocycles. The van der Waals surface area contributed by atoms with Gasteiger partial charge >= 0.3 is 0 Å². The van der Waals surface area contributed by atoms with Gasteiger partial charge in [-0.25, -0.2) is 8.78 Å². The molecule has 2 aliphatic rings. The Kier molecular flexibility index (Phi) is 3.56. The van der Waals surface area contributed by atoms with Gasteiger partial charge in [0.1, 0.15) is 18.2 Å².